The van der Waals surface area contributed by atoms with Crippen LogP contribution in [-0.2, 0) is 15.3 Å². The van der Waals surface area contributed by atoms with Gasteiger partial charge in [-0.05, 0) is 72.9 Å². The van der Waals surface area contributed by atoms with E-state index in [0.29, 0.717) is 19.8 Å². The van der Waals surface area contributed by atoms with Gasteiger partial charge in [-0.25, -0.2) is 0 Å². The van der Waals surface area contributed by atoms with Crippen molar-refractivity contribution in [3.63, 3.8) is 0 Å². The van der Waals surface area contributed by atoms with Crippen LogP contribution in [-0.4, -0.2) is 36.5 Å². The molecule has 0 spiro atoms. The van der Waals surface area contributed by atoms with Crippen LogP contribution in [0.3, 0.4) is 0 Å². The lowest BCUT2D eigenvalue weighted by atomic mass is 9.89. The zero-order chi connectivity index (χ0) is 25.0. The minimum Gasteiger partial charge on any atom is -0.493 e. The van der Waals surface area contributed by atoms with Crippen LogP contribution in [0.1, 0.15) is 67.4 Å². The maximum Gasteiger partial charge on any atom is 0.192 e. The van der Waals surface area contributed by atoms with Crippen LogP contribution in [0.4, 0.5) is 0 Å². The van der Waals surface area contributed by atoms with E-state index in [2.05, 4.69) is 116 Å². The lowest BCUT2D eigenvalue weighted by Crippen LogP contribution is -2.47. The van der Waals surface area contributed by atoms with Crippen LogP contribution >= 0.6 is 15.9 Å². The van der Waals surface area contributed by atoms with Crippen LogP contribution in [0.2, 0.25) is 36.3 Å². The minimum atomic E-state index is -1.84. The highest BCUT2D eigenvalue weighted by Crippen LogP contribution is 2.40. The average Bonchev–Trinajstić information content (AvgIpc) is 2.64. The Morgan fingerprint density at radius 3 is 1.69 bits per heavy atom. The van der Waals surface area contributed by atoms with Gasteiger partial charge in [-0.3, -0.25) is 0 Å². The van der Waals surface area contributed by atoms with Crippen LogP contribution in [0.25, 0.3) is 0 Å². The molecule has 32 heavy (non-hydrogen) atoms. The van der Waals surface area contributed by atoms with Gasteiger partial charge in [-0.2, -0.15) is 0 Å². The van der Waals surface area contributed by atoms with E-state index in [1.54, 1.807) is 0 Å². The zero-order valence-electron chi connectivity index (χ0n) is 22.9. The highest BCUT2D eigenvalue weighted by molar-refractivity contribution is 9.10. The largest absolute Gasteiger partial charge is 0.493 e. The van der Waals surface area contributed by atoms with E-state index in [4.69, 9.17) is 13.6 Å². The number of hydrogen-bond donors (Lipinski definition) is 0. The molecular weight excluding hydrogens is 496 g/mol. The molecule has 0 saturated heterocycles. The predicted octanol–water partition coefficient (Wildman–Crippen LogP) is 8.83. The predicted molar refractivity (Wildman–Crippen MR) is 148 cm³/mol. The van der Waals surface area contributed by atoms with Crippen molar-refractivity contribution in [1.82, 2.24) is 0 Å². The summed E-state index contributed by atoms with van der Waals surface area (Å²) in [7, 11) is -3.68. The second-order valence-corrected chi connectivity index (χ2v) is 23.1. The fraction of sp³-hybridized carbons (Fsp3) is 0.769. The van der Waals surface area contributed by atoms with Crippen LogP contribution < -0.4 is 4.74 Å². The van der Waals surface area contributed by atoms with E-state index in [-0.39, 0.29) is 15.5 Å². The molecule has 0 unspecified atom stereocenters. The van der Waals surface area contributed by atoms with E-state index in [1.165, 1.54) is 5.56 Å². The van der Waals surface area contributed by atoms with E-state index in [1.807, 2.05) is 0 Å². The first kappa shape index (κ1) is 29.9. The second kappa shape index (κ2) is 11.1. The molecule has 0 bridgehead atoms. The highest BCUT2D eigenvalue weighted by atomic mass is 79.9. The Bertz CT molecular complexity index is 704. The zero-order valence-corrected chi connectivity index (χ0v) is 26.5. The van der Waals surface area contributed by atoms with Gasteiger partial charge in [-0.15, -0.1) is 0 Å². The summed E-state index contributed by atoms with van der Waals surface area (Å²) in [5.74, 6) is 0.980. The molecule has 0 fully saturated rings. The number of ether oxygens (including phenoxy) is 1. The molecule has 0 heterocycles. The molecule has 0 atom stereocenters. The standard InChI is InChI=1S/C26H49BrO3Si2/c1-13-21-18-22(27)14-15-23(21)28-17-16-26(8,19-29-31(9,10)24(2,3)4)20-30-32(11,12)25(5,6)7/h14-15,18H,13,16-17,19-20H2,1-12H3. The number of benzene rings is 1. The summed E-state index contributed by atoms with van der Waals surface area (Å²) in [4.78, 5) is 0. The third kappa shape index (κ3) is 8.57. The number of hydrogen-bond acceptors (Lipinski definition) is 3. The molecule has 0 aliphatic carbocycles. The molecule has 0 saturated carbocycles. The third-order valence-corrected chi connectivity index (χ3v) is 17.0. The van der Waals surface area contributed by atoms with Crippen molar-refractivity contribution in [2.75, 3.05) is 19.8 Å². The Balaban J connectivity index is 2.96. The van der Waals surface area contributed by atoms with Crippen molar-refractivity contribution in [2.24, 2.45) is 5.41 Å². The Morgan fingerprint density at radius 1 is 0.812 bits per heavy atom. The molecule has 6 heteroatoms. The van der Waals surface area contributed by atoms with Gasteiger partial charge in [0.2, 0.25) is 0 Å². The molecule has 1 rings (SSSR count). The summed E-state index contributed by atoms with van der Waals surface area (Å²) in [6.45, 7) is 29.6. The molecule has 0 N–H and O–H groups in total. The SMILES string of the molecule is CCc1cc(Br)ccc1OCCC(C)(CO[Si](C)(C)C(C)(C)C)CO[Si](C)(C)C(C)(C)C. The van der Waals surface area contributed by atoms with Gasteiger partial charge in [-0.1, -0.05) is 71.3 Å². The van der Waals surface area contributed by atoms with E-state index in [0.717, 1.165) is 23.1 Å². The lowest BCUT2D eigenvalue weighted by molar-refractivity contribution is 0.0595. The lowest BCUT2D eigenvalue weighted by Gasteiger charge is -2.42. The van der Waals surface area contributed by atoms with Crippen molar-refractivity contribution >= 4 is 32.6 Å². The van der Waals surface area contributed by atoms with Crippen LogP contribution in [0.15, 0.2) is 22.7 Å². The Kier molecular flexibility index (Phi) is 10.3. The first-order valence-electron chi connectivity index (χ1n) is 12.0. The van der Waals surface area contributed by atoms with Gasteiger partial charge in [0.1, 0.15) is 5.75 Å². The molecule has 0 radical (unpaired) electrons. The summed E-state index contributed by atoms with van der Waals surface area (Å²) in [5.41, 5.74) is 1.14. The molecule has 0 aliphatic rings. The van der Waals surface area contributed by atoms with E-state index in [9.17, 15) is 0 Å². The molecular formula is C26H49BrO3Si2. The molecule has 0 aromatic heterocycles. The van der Waals surface area contributed by atoms with Gasteiger partial charge in [0.05, 0.1) is 6.61 Å². The van der Waals surface area contributed by atoms with Gasteiger partial charge in [0, 0.05) is 23.1 Å². The Hall–Kier alpha value is -0.146. The first-order valence-corrected chi connectivity index (χ1v) is 18.6. The molecule has 1 aromatic rings. The number of rotatable bonds is 11. The maximum atomic E-state index is 6.69. The number of halogens is 1. The summed E-state index contributed by atoms with van der Waals surface area (Å²) in [5, 5.41) is 0.385. The van der Waals surface area contributed by atoms with Crippen molar-refractivity contribution in [3.05, 3.63) is 28.2 Å². The maximum absolute atomic E-state index is 6.69. The second-order valence-electron chi connectivity index (χ2n) is 12.6. The van der Waals surface area contributed by atoms with E-state index >= 15 is 0 Å². The van der Waals surface area contributed by atoms with E-state index < -0.39 is 16.6 Å². The minimum absolute atomic E-state index is 0.0905. The van der Waals surface area contributed by atoms with Gasteiger partial charge < -0.3 is 13.6 Å². The summed E-state index contributed by atoms with van der Waals surface area (Å²) >= 11 is 3.57. The molecule has 1 aromatic carbocycles. The topological polar surface area (TPSA) is 27.7 Å². The van der Waals surface area contributed by atoms with Crippen molar-refractivity contribution in [1.29, 1.82) is 0 Å². The molecule has 186 valence electrons. The van der Waals surface area contributed by atoms with Crippen molar-refractivity contribution in [3.8, 4) is 5.75 Å². The molecule has 0 aliphatic heterocycles. The summed E-state index contributed by atoms with van der Waals surface area (Å²) in [6, 6.07) is 6.27. The molecule has 3 nitrogen and oxygen atoms in total. The monoisotopic (exact) mass is 544 g/mol. The smallest absolute Gasteiger partial charge is 0.192 e. The van der Waals surface area contributed by atoms with Gasteiger partial charge >= 0.3 is 0 Å². The summed E-state index contributed by atoms with van der Waals surface area (Å²) < 4.78 is 20.7. The first-order chi connectivity index (χ1) is 14.3. The quantitative estimate of drug-likeness (QED) is 0.260. The average molecular weight is 546 g/mol. The summed E-state index contributed by atoms with van der Waals surface area (Å²) in [6.07, 6.45) is 1.85. The van der Waals surface area contributed by atoms with Crippen LogP contribution in [0, 0.1) is 5.41 Å². The van der Waals surface area contributed by atoms with Gasteiger partial charge in [0.15, 0.2) is 16.6 Å². The van der Waals surface area contributed by atoms with Crippen LogP contribution in [0.5, 0.6) is 5.75 Å². The van der Waals surface area contributed by atoms with Crippen molar-refractivity contribution < 1.29 is 13.6 Å². The van der Waals surface area contributed by atoms with Crippen molar-refractivity contribution in [2.45, 2.75) is 104 Å². The Morgan fingerprint density at radius 2 is 1.28 bits per heavy atom. The third-order valence-electron chi connectivity index (χ3n) is 7.54. The van der Waals surface area contributed by atoms with Gasteiger partial charge in [0.25, 0.3) is 0 Å². The highest BCUT2D eigenvalue weighted by Gasteiger charge is 2.42. The fourth-order valence-electron chi connectivity index (χ4n) is 2.70. The number of aryl methyl sites for hydroxylation is 1. The normalized spacial score (nSPS) is 14.0. The Labute approximate surface area is 209 Å². The fourth-order valence-corrected chi connectivity index (χ4v) is 5.39. The molecule has 0 amide bonds.